The first-order valence-corrected chi connectivity index (χ1v) is 18.4. The van der Waals surface area contributed by atoms with Crippen LogP contribution in [0.5, 0.6) is 0 Å². The van der Waals surface area contributed by atoms with E-state index in [1.807, 2.05) is 48.5 Å². The van der Waals surface area contributed by atoms with Crippen molar-refractivity contribution in [2.75, 3.05) is 34.0 Å². The normalized spacial score (nSPS) is 42.2. The van der Waals surface area contributed by atoms with Crippen LogP contribution in [0.4, 0.5) is 0 Å². The van der Waals surface area contributed by atoms with Gasteiger partial charge in [0.25, 0.3) is 0 Å². The van der Waals surface area contributed by atoms with E-state index in [1.54, 1.807) is 14.2 Å². The highest BCUT2D eigenvalue weighted by Crippen LogP contribution is 2.42. The summed E-state index contributed by atoms with van der Waals surface area (Å²) in [5, 5.41) is 0. The summed E-state index contributed by atoms with van der Waals surface area (Å²) >= 11 is 0. The number of fused-ring (bicyclic) bond motifs is 1. The number of ether oxygens (including phenoxy) is 10. The molecule has 0 N–H and O–H groups in total. The zero-order valence-corrected chi connectivity index (χ0v) is 30.9. The summed E-state index contributed by atoms with van der Waals surface area (Å²) in [6, 6.07) is 20.2. The maximum Gasteiger partial charge on any atom is 0.185 e. The summed E-state index contributed by atoms with van der Waals surface area (Å²) in [5.74, 6) is 0.596. The smallest absolute Gasteiger partial charge is 0.185 e. The molecule has 2 aromatic carbocycles. The highest BCUT2D eigenvalue weighted by molar-refractivity contribution is 5.17. The lowest BCUT2D eigenvalue weighted by molar-refractivity contribution is -0.375. The van der Waals surface area contributed by atoms with Gasteiger partial charge in [-0.1, -0.05) is 95.3 Å². The zero-order chi connectivity index (χ0) is 35.4. The summed E-state index contributed by atoms with van der Waals surface area (Å²) in [4.78, 5) is 0. The van der Waals surface area contributed by atoms with Gasteiger partial charge in [-0.25, -0.2) is 0 Å². The number of hydrogen-bond donors (Lipinski definition) is 0. The van der Waals surface area contributed by atoms with Crippen LogP contribution < -0.4 is 0 Å². The number of methoxy groups -OCH3 is 2. The lowest BCUT2D eigenvalue weighted by atomic mass is 9.81. The van der Waals surface area contributed by atoms with Crippen molar-refractivity contribution < 1.29 is 47.4 Å². The van der Waals surface area contributed by atoms with E-state index in [1.165, 1.54) is 0 Å². The van der Waals surface area contributed by atoms with Crippen LogP contribution in [0.25, 0.3) is 0 Å². The maximum absolute atomic E-state index is 6.90. The van der Waals surface area contributed by atoms with E-state index >= 15 is 0 Å². The molecule has 7 unspecified atom stereocenters. The van der Waals surface area contributed by atoms with Crippen LogP contribution in [-0.4, -0.2) is 95.5 Å². The molecule has 4 aliphatic rings. The van der Waals surface area contributed by atoms with Gasteiger partial charge in [0.2, 0.25) is 0 Å². The van der Waals surface area contributed by atoms with Gasteiger partial charge < -0.3 is 47.4 Å². The molecule has 4 aliphatic heterocycles. The van der Waals surface area contributed by atoms with Crippen molar-refractivity contribution in [2.45, 2.75) is 116 Å². The largest absolute Gasteiger partial charge is 0.382 e. The Bertz CT molecular complexity index is 1300. The molecule has 10 heteroatoms. The van der Waals surface area contributed by atoms with Crippen molar-refractivity contribution in [3.05, 3.63) is 71.8 Å². The van der Waals surface area contributed by atoms with E-state index in [-0.39, 0.29) is 66.2 Å². The Kier molecular flexibility index (Phi) is 13.0. The monoisotopic (exact) mass is 698 g/mol. The van der Waals surface area contributed by atoms with Crippen molar-refractivity contribution in [2.24, 2.45) is 29.6 Å². The molecule has 4 fully saturated rings. The van der Waals surface area contributed by atoms with Crippen molar-refractivity contribution in [1.29, 1.82) is 0 Å². The predicted octanol–water partition coefficient (Wildman–Crippen LogP) is 6.17. The fraction of sp³-hybridized carbons (Fsp3) is 0.700. The average molecular weight is 699 g/mol. The third-order valence-corrected chi connectivity index (χ3v) is 11.6. The fourth-order valence-corrected chi connectivity index (χ4v) is 8.02. The third-order valence-electron chi connectivity index (χ3n) is 11.6. The maximum atomic E-state index is 6.90. The number of benzene rings is 2. The van der Waals surface area contributed by atoms with Crippen LogP contribution in [0, 0.1) is 29.6 Å². The first kappa shape index (κ1) is 37.8. The van der Waals surface area contributed by atoms with Crippen LogP contribution in [0.15, 0.2) is 60.7 Å². The van der Waals surface area contributed by atoms with Crippen LogP contribution >= 0.6 is 0 Å². The third kappa shape index (κ3) is 8.31. The molecule has 0 aliphatic carbocycles. The van der Waals surface area contributed by atoms with Gasteiger partial charge in [0.05, 0.1) is 50.8 Å². The Labute approximate surface area is 298 Å². The molecule has 0 aromatic heterocycles. The van der Waals surface area contributed by atoms with E-state index in [2.05, 4.69) is 53.7 Å². The summed E-state index contributed by atoms with van der Waals surface area (Å²) in [6.07, 6.45) is -3.58. The van der Waals surface area contributed by atoms with Gasteiger partial charge >= 0.3 is 0 Å². The van der Waals surface area contributed by atoms with Crippen molar-refractivity contribution >= 4 is 0 Å². The number of rotatable bonds is 12. The van der Waals surface area contributed by atoms with Gasteiger partial charge in [0.15, 0.2) is 18.9 Å². The van der Waals surface area contributed by atoms with Gasteiger partial charge in [-0.2, -0.15) is 0 Å². The van der Waals surface area contributed by atoms with Gasteiger partial charge in [-0.15, -0.1) is 0 Å². The Hall–Kier alpha value is -1.96. The van der Waals surface area contributed by atoms with E-state index in [9.17, 15) is 0 Å². The molecule has 0 bridgehead atoms. The minimum atomic E-state index is -0.661. The molecule has 10 nitrogen and oxygen atoms in total. The van der Waals surface area contributed by atoms with Gasteiger partial charge in [0, 0.05) is 31.6 Å². The second kappa shape index (κ2) is 17.2. The van der Waals surface area contributed by atoms with E-state index in [4.69, 9.17) is 47.4 Å². The van der Waals surface area contributed by atoms with Gasteiger partial charge in [-0.3, -0.25) is 0 Å². The molecule has 4 saturated heterocycles. The summed E-state index contributed by atoms with van der Waals surface area (Å²) < 4.78 is 64.2. The molecular weight excluding hydrogens is 640 g/mol. The van der Waals surface area contributed by atoms with Gasteiger partial charge in [-0.05, 0) is 30.2 Å². The second-order valence-electron chi connectivity index (χ2n) is 14.8. The molecule has 0 radical (unpaired) electrons. The molecular formula is C40H58O10. The molecule has 2 aromatic rings. The Morgan fingerprint density at radius 2 is 1.28 bits per heavy atom. The average Bonchev–Trinajstić information content (AvgIpc) is 3.13. The molecule has 0 amide bonds. The van der Waals surface area contributed by atoms with Crippen LogP contribution in [0.1, 0.15) is 59.0 Å². The minimum Gasteiger partial charge on any atom is -0.382 e. The quantitative estimate of drug-likeness (QED) is 0.257. The highest BCUT2D eigenvalue weighted by atomic mass is 16.8. The SMILES string of the molecule is COC[C@@H]1O[C@@H](O[C@@H]2C(COCc3ccccc3)O[C@@H](C)C(C)[C@H]2C)C(OC)C(C)[C@@H]1O[C@H]1O[C@H]2COC(c3ccccc3)O[C@H]2C(C)C1C. The standard InChI is InChI=1S/C40H58O10/c1-23-24(2)34(32(45-28(23)6)21-43-19-29-15-11-9-12-16-29)50-40-37(42-8)27(5)36(31(47-40)20-41-7)48-38-26(4)25(3)35-33(46-38)22-44-39(49-35)30-17-13-10-14-18-30/h9-18,23-28,31-40H,19-22H2,1-8H3/t23?,24-,25?,26?,27?,28+,31+,32?,33+,34+,35+,36+,37?,38-,39?,40+/m1/s1. The lowest BCUT2D eigenvalue weighted by Crippen LogP contribution is -2.62. The van der Waals surface area contributed by atoms with E-state index < -0.39 is 31.1 Å². The predicted molar refractivity (Wildman–Crippen MR) is 186 cm³/mol. The molecule has 16 atom stereocenters. The summed E-state index contributed by atoms with van der Waals surface area (Å²) in [7, 11) is 3.38. The summed E-state index contributed by atoms with van der Waals surface area (Å²) in [6.45, 7) is 14.7. The minimum absolute atomic E-state index is 0.0523. The van der Waals surface area contributed by atoms with Gasteiger partial charge in [0.1, 0.15) is 24.4 Å². The number of hydrogen-bond acceptors (Lipinski definition) is 10. The van der Waals surface area contributed by atoms with Crippen LogP contribution in [0.3, 0.4) is 0 Å². The van der Waals surface area contributed by atoms with Crippen molar-refractivity contribution in [3.63, 3.8) is 0 Å². The van der Waals surface area contributed by atoms with E-state index in [0.29, 0.717) is 26.4 Å². The van der Waals surface area contributed by atoms with Crippen LogP contribution in [-0.2, 0) is 54.0 Å². The Morgan fingerprint density at radius 3 is 1.98 bits per heavy atom. The molecule has 50 heavy (non-hydrogen) atoms. The Morgan fingerprint density at radius 1 is 0.620 bits per heavy atom. The topological polar surface area (TPSA) is 92.3 Å². The molecule has 278 valence electrons. The first-order valence-electron chi connectivity index (χ1n) is 18.4. The molecule has 0 saturated carbocycles. The zero-order valence-electron chi connectivity index (χ0n) is 30.9. The molecule has 6 rings (SSSR count). The molecule has 4 heterocycles. The van der Waals surface area contributed by atoms with Crippen LogP contribution in [0.2, 0.25) is 0 Å². The summed E-state index contributed by atoms with van der Waals surface area (Å²) in [5.41, 5.74) is 2.13. The Balaban J connectivity index is 1.13. The van der Waals surface area contributed by atoms with E-state index in [0.717, 1.165) is 11.1 Å². The lowest BCUT2D eigenvalue weighted by Gasteiger charge is -2.51. The second-order valence-corrected chi connectivity index (χ2v) is 14.8. The fourth-order valence-electron chi connectivity index (χ4n) is 8.02. The first-order chi connectivity index (χ1) is 24.2. The molecule has 0 spiro atoms. The highest BCUT2D eigenvalue weighted by Gasteiger charge is 2.52. The van der Waals surface area contributed by atoms with Crippen molar-refractivity contribution in [3.8, 4) is 0 Å². The van der Waals surface area contributed by atoms with Crippen molar-refractivity contribution in [1.82, 2.24) is 0 Å².